The largest absolute Gasteiger partial charge is 0.489 e. The molecule has 7 heteroatoms. The number of benzene rings is 2. The second-order valence-corrected chi connectivity index (χ2v) is 5.22. The number of carbonyl (C=O) groups is 1. The molecule has 0 aliphatic heterocycles. The van der Waals surface area contributed by atoms with Crippen LogP contribution in [0.2, 0.25) is 0 Å². The summed E-state index contributed by atoms with van der Waals surface area (Å²) >= 11 is 4.65. The number of nitrogens with one attached hydrogen (secondary N) is 1. The van der Waals surface area contributed by atoms with Crippen molar-refractivity contribution < 1.29 is 14.3 Å². The number of rotatable bonds is 6. The monoisotopic (exact) mass is 343 g/mol. The molecular formula is C17H17N3O3S. The number of nitrogens with two attached hydrogens (primary N) is 1. The average molecular weight is 343 g/mol. The smallest absolute Gasteiger partial charge is 0.337 e. The Morgan fingerprint density at radius 3 is 2.46 bits per heavy atom. The van der Waals surface area contributed by atoms with Gasteiger partial charge in [0.15, 0.2) is 5.11 Å². The number of esters is 1. The first-order valence-electron chi connectivity index (χ1n) is 7.07. The molecule has 6 nitrogen and oxygen atoms in total. The molecule has 0 saturated carbocycles. The van der Waals surface area contributed by atoms with Crippen molar-refractivity contribution in [2.75, 3.05) is 7.11 Å². The Labute approximate surface area is 145 Å². The number of nitrogens with zero attached hydrogens (tertiary/aromatic N) is 1. The Kier molecular flexibility index (Phi) is 6.27. The first-order chi connectivity index (χ1) is 11.6. The zero-order chi connectivity index (χ0) is 17.4. The fourth-order valence-corrected chi connectivity index (χ4v) is 1.89. The van der Waals surface area contributed by atoms with Gasteiger partial charge in [-0.05, 0) is 59.7 Å². The highest BCUT2D eigenvalue weighted by molar-refractivity contribution is 7.80. The van der Waals surface area contributed by atoms with Crippen molar-refractivity contribution in [2.45, 2.75) is 6.61 Å². The van der Waals surface area contributed by atoms with Gasteiger partial charge in [-0.25, -0.2) is 4.79 Å². The summed E-state index contributed by atoms with van der Waals surface area (Å²) in [5.74, 6) is 0.371. The van der Waals surface area contributed by atoms with E-state index in [1.807, 2.05) is 36.4 Å². The van der Waals surface area contributed by atoms with Crippen molar-refractivity contribution in [3.8, 4) is 5.75 Å². The molecule has 2 aromatic rings. The molecule has 2 aromatic carbocycles. The van der Waals surface area contributed by atoms with E-state index in [2.05, 4.69) is 27.5 Å². The third-order valence-corrected chi connectivity index (χ3v) is 3.14. The number of methoxy groups -OCH3 is 1. The second kappa shape index (κ2) is 8.64. The Morgan fingerprint density at radius 2 is 1.88 bits per heavy atom. The summed E-state index contributed by atoms with van der Waals surface area (Å²) in [6.07, 6.45) is 1.61. The fourth-order valence-electron chi connectivity index (χ4n) is 1.84. The molecule has 0 spiro atoms. The van der Waals surface area contributed by atoms with Crippen LogP contribution in [0.5, 0.6) is 5.75 Å². The van der Waals surface area contributed by atoms with Crippen molar-refractivity contribution in [2.24, 2.45) is 10.8 Å². The first kappa shape index (κ1) is 17.4. The van der Waals surface area contributed by atoms with Crippen LogP contribution >= 0.6 is 12.2 Å². The van der Waals surface area contributed by atoms with E-state index in [9.17, 15) is 4.79 Å². The molecule has 24 heavy (non-hydrogen) atoms. The number of thiocarbonyl (C=S) groups is 1. The van der Waals surface area contributed by atoms with Crippen molar-refractivity contribution in [1.29, 1.82) is 0 Å². The second-order valence-electron chi connectivity index (χ2n) is 4.78. The number of carbonyl (C=O) groups excluding carboxylic acids is 1. The number of ether oxygens (including phenoxy) is 2. The van der Waals surface area contributed by atoms with Crippen molar-refractivity contribution in [3.63, 3.8) is 0 Å². The van der Waals surface area contributed by atoms with Crippen LogP contribution in [0.15, 0.2) is 53.6 Å². The van der Waals surface area contributed by atoms with Gasteiger partial charge in [0, 0.05) is 0 Å². The van der Waals surface area contributed by atoms with Gasteiger partial charge in [0.1, 0.15) is 12.4 Å². The topological polar surface area (TPSA) is 85.9 Å². The van der Waals surface area contributed by atoms with Gasteiger partial charge in [0.25, 0.3) is 0 Å². The highest BCUT2D eigenvalue weighted by atomic mass is 32.1. The van der Waals surface area contributed by atoms with Crippen molar-refractivity contribution in [3.05, 3.63) is 65.2 Å². The molecule has 0 amide bonds. The maximum absolute atomic E-state index is 11.4. The van der Waals surface area contributed by atoms with Crippen LogP contribution in [0.4, 0.5) is 0 Å². The van der Waals surface area contributed by atoms with E-state index in [1.165, 1.54) is 7.11 Å². The minimum absolute atomic E-state index is 0.115. The summed E-state index contributed by atoms with van der Waals surface area (Å²) in [6.45, 7) is 0.401. The van der Waals surface area contributed by atoms with Gasteiger partial charge in [0.2, 0.25) is 0 Å². The van der Waals surface area contributed by atoms with Gasteiger partial charge in [0.05, 0.1) is 18.9 Å². The summed E-state index contributed by atoms with van der Waals surface area (Å²) in [6, 6.07) is 14.5. The molecule has 0 aliphatic rings. The quantitative estimate of drug-likeness (QED) is 0.362. The molecule has 3 N–H and O–H groups in total. The van der Waals surface area contributed by atoms with Crippen LogP contribution in [0, 0.1) is 0 Å². The predicted molar refractivity (Wildman–Crippen MR) is 96.1 cm³/mol. The number of hydrogen-bond acceptors (Lipinski definition) is 5. The summed E-state index contributed by atoms with van der Waals surface area (Å²) in [5, 5.41) is 3.99. The molecule has 124 valence electrons. The molecule has 0 radical (unpaired) electrons. The minimum Gasteiger partial charge on any atom is -0.489 e. The fraction of sp³-hybridized carbons (Fsp3) is 0.118. The van der Waals surface area contributed by atoms with Crippen LogP contribution in [-0.2, 0) is 11.3 Å². The van der Waals surface area contributed by atoms with E-state index in [0.717, 1.165) is 16.9 Å². The molecule has 0 saturated heterocycles. The molecule has 0 unspecified atom stereocenters. The molecule has 0 atom stereocenters. The molecule has 2 rings (SSSR count). The Balaban J connectivity index is 1.89. The van der Waals surface area contributed by atoms with Crippen LogP contribution < -0.4 is 15.9 Å². The summed E-state index contributed by atoms with van der Waals surface area (Å²) in [5.41, 5.74) is 10.1. The summed E-state index contributed by atoms with van der Waals surface area (Å²) < 4.78 is 10.4. The average Bonchev–Trinajstić information content (AvgIpc) is 2.60. The zero-order valence-electron chi connectivity index (χ0n) is 13.1. The van der Waals surface area contributed by atoms with E-state index in [-0.39, 0.29) is 11.1 Å². The molecule has 0 fully saturated rings. The molecule has 0 aliphatic carbocycles. The number of hydrazone groups is 1. The predicted octanol–water partition coefficient (Wildman–Crippen LogP) is 2.22. The highest BCUT2D eigenvalue weighted by Gasteiger charge is 2.04. The van der Waals surface area contributed by atoms with Gasteiger partial charge in [-0.2, -0.15) is 5.10 Å². The minimum atomic E-state index is -0.357. The summed E-state index contributed by atoms with van der Waals surface area (Å²) in [4.78, 5) is 11.4. The zero-order valence-corrected chi connectivity index (χ0v) is 13.9. The molecule has 0 bridgehead atoms. The van der Waals surface area contributed by atoms with Crippen LogP contribution in [0.1, 0.15) is 21.5 Å². The van der Waals surface area contributed by atoms with Crippen LogP contribution in [0.3, 0.4) is 0 Å². The van der Waals surface area contributed by atoms with E-state index in [1.54, 1.807) is 18.3 Å². The van der Waals surface area contributed by atoms with E-state index >= 15 is 0 Å². The lowest BCUT2D eigenvalue weighted by Gasteiger charge is -2.07. The van der Waals surface area contributed by atoms with Gasteiger partial charge >= 0.3 is 5.97 Å². The lowest BCUT2D eigenvalue weighted by molar-refractivity contribution is 0.0600. The SMILES string of the molecule is COC(=O)c1ccc(COc2ccc(C=NNC(N)=S)cc2)cc1. The maximum Gasteiger partial charge on any atom is 0.337 e. The van der Waals surface area contributed by atoms with E-state index in [0.29, 0.717) is 12.2 Å². The third kappa shape index (κ3) is 5.36. The van der Waals surface area contributed by atoms with Crippen LogP contribution in [0.25, 0.3) is 0 Å². The van der Waals surface area contributed by atoms with E-state index in [4.69, 9.17) is 10.5 Å². The normalized spacial score (nSPS) is 10.4. The number of hydrogen-bond donors (Lipinski definition) is 2. The van der Waals surface area contributed by atoms with Gasteiger partial charge in [-0.1, -0.05) is 12.1 Å². The van der Waals surface area contributed by atoms with Gasteiger partial charge in [-0.3, -0.25) is 5.43 Å². The van der Waals surface area contributed by atoms with Gasteiger partial charge in [-0.15, -0.1) is 0 Å². The molecular weight excluding hydrogens is 326 g/mol. The third-order valence-electron chi connectivity index (χ3n) is 3.05. The van der Waals surface area contributed by atoms with Crippen molar-refractivity contribution >= 4 is 29.5 Å². The highest BCUT2D eigenvalue weighted by Crippen LogP contribution is 2.14. The van der Waals surface area contributed by atoms with Gasteiger partial charge < -0.3 is 15.2 Å². The lowest BCUT2D eigenvalue weighted by atomic mass is 10.1. The van der Waals surface area contributed by atoms with E-state index < -0.39 is 0 Å². The maximum atomic E-state index is 11.4. The Bertz CT molecular complexity index is 728. The lowest BCUT2D eigenvalue weighted by Crippen LogP contribution is -2.23. The Morgan fingerprint density at radius 1 is 1.21 bits per heavy atom. The van der Waals surface area contributed by atoms with Crippen molar-refractivity contribution in [1.82, 2.24) is 5.43 Å². The molecule has 0 heterocycles. The standard InChI is InChI=1S/C17H17N3O3S/c1-22-16(21)14-6-2-13(3-7-14)11-23-15-8-4-12(5-9-15)10-19-20-17(18)24/h2-10H,11H2,1H3,(H3,18,20,24). The summed E-state index contributed by atoms with van der Waals surface area (Å²) in [7, 11) is 1.36. The van der Waals surface area contributed by atoms with Crippen LogP contribution in [-0.4, -0.2) is 24.4 Å². The molecule has 0 aromatic heterocycles. The Hall–Kier alpha value is -2.93. The first-order valence-corrected chi connectivity index (χ1v) is 7.48.